The maximum atomic E-state index is 12.4. The Bertz CT molecular complexity index is 546. The van der Waals surface area contributed by atoms with Crippen LogP contribution in [0.1, 0.15) is 15.9 Å². The van der Waals surface area contributed by atoms with Crippen molar-refractivity contribution in [3.63, 3.8) is 0 Å². The fourth-order valence-electron chi connectivity index (χ4n) is 1.77. The van der Waals surface area contributed by atoms with E-state index in [2.05, 4.69) is 0 Å². The summed E-state index contributed by atoms with van der Waals surface area (Å²) in [4.78, 5) is 22.4. The van der Waals surface area contributed by atoms with Crippen LogP contribution in [0, 0.1) is 17.0 Å². The number of nitrogens with zero attached hydrogens (tertiary/aromatic N) is 2. The number of hydrogen-bond donors (Lipinski definition) is 1. The molecule has 0 fully saturated rings. The maximum absolute atomic E-state index is 12.4. The van der Waals surface area contributed by atoms with Crippen LogP contribution in [0.25, 0.3) is 0 Å². The Hall–Kier alpha value is -2.16. The van der Waals surface area contributed by atoms with Crippen molar-refractivity contribution < 1.29 is 28.0 Å². The van der Waals surface area contributed by atoms with E-state index in [0.29, 0.717) is 4.90 Å². The number of hydrogen-bond acceptors (Lipinski definition) is 4. The van der Waals surface area contributed by atoms with Crippen LogP contribution in [0.15, 0.2) is 18.2 Å². The first-order chi connectivity index (χ1) is 9.65. The molecule has 1 aromatic carbocycles. The Morgan fingerprint density at radius 2 is 2.05 bits per heavy atom. The highest BCUT2D eigenvalue weighted by molar-refractivity contribution is 5.94. The molecule has 1 aromatic rings. The molecule has 0 aliphatic carbocycles. The maximum Gasteiger partial charge on any atom is 0.406 e. The van der Waals surface area contributed by atoms with Crippen molar-refractivity contribution in [1.29, 1.82) is 0 Å². The van der Waals surface area contributed by atoms with E-state index in [4.69, 9.17) is 5.11 Å². The fraction of sp³-hybridized carbons (Fsp3) is 0.417. The van der Waals surface area contributed by atoms with Gasteiger partial charge in [-0.25, -0.2) is 0 Å². The Kier molecular flexibility index (Phi) is 5.25. The molecular formula is C12H13F3N2O4. The van der Waals surface area contributed by atoms with Crippen molar-refractivity contribution in [1.82, 2.24) is 4.90 Å². The minimum atomic E-state index is -4.60. The lowest BCUT2D eigenvalue weighted by atomic mass is 10.1. The molecule has 0 saturated heterocycles. The molecule has 1 amide bonds. The minimum Gasteiger partial charge on any atom is -0.395 e. The Morgan fingerprint density at radius 3 is 2.48 bits per heavy atom. The largest absolute Gasteiger partial charge is 0.406 e. The van der Waals surface area contributed by atoms with Crippen LogP contribution in [0.3, 0.4) is 0 Å². The molecule has 0 heterocycles. The summed E-state index contributed by atoms with van der Waals surface area (Å²) in [7, 11) is 0. The molecule has 0 aromatic heterocycles. The van der Waals surface area contributed by atoms with Gasteiger partial charge in [0.05, 0.1) is 11.5 Å². The average molecular weight is 306 g/mol. The van der Waals surface area contributed by atoms with Crippen molar-refractivity contribution in [2.45, 2.75) is 13.1 Å². The number of nitro groups is 1. The average Bonchev–Trinajstić information content (AvgIpc) is 2.35. The topological polar surface area (TPSA) is 83.7 Å². The van der Waals surface area contributed by atoms with Crippen LogP contribution in [0.5, 0.6) is 0 Å². The summed E-state index contributed by atoms with van der Waals surface area (Å²) in [6.07, 6.45) is -4.60. The number of rotatable bonds is 5. The molecule has 0 spiro atoms. The van der Waals surface area contributed by atoms with Gasteiger partial charge < -0.3 is 10.0 Å². The van der Waals surface area contributed by atoms with Crippen LogP contribution in [0.4, 0.5) is 18.9 Å². The molecule has 0 aliphatic heterocycles. The lowest BCUT2D eigenvalue weighted by molar-refractivity contribution is -0.385. The standard InChI is InChI=1S/C12H13F3N2O4/c1-8-6-9(2-3-10(8)17(20)21)11(19)16(4-5-18)7-12(13,14)15/h2-3,6,18H,4-5,7H2,1H3. The number of nitro benzene ring substituents is 1. The third-order valence-electron chi connectivity index (χ3n) is 2.67. The third-order valence-corrected chi connectivity index (χ3v) is 2.67. The van der Waals surface area contributed by atoms with Crippen molar-refractivity contribution >= 4 is 11.6 Å². The highest BCUT2D eigenvalue weighted by Gasteiger charge is 2.33. The molecule has 0 bridgehead atoms. The highest BCUT2D eigenvalue weighted by Crippen LogP contribution is 2.22. The van der Waals surface area contributed by atoms with Gasteiger partial charge in [0.2, 0.25) is 0 Å². The van der Waals surface area contributed by atoms with Gasteiger partial charge in [0.25, 0.3) is 11.6 Å². The highest BCUT2D eigenvalue weighted by atomic mass is 19.4. The van der Waals surface area contributed by atoms with Gasteiger partial charge in [-0.05, 0) is 19.1 Å². The first-order valence-electron chi connectivity index (χ1n) is 5.87. The van der Waals surface area contributed by atoms with Crippen LogP contribution in [-0.2, 0) is 0 Å². The number of alkyl halides is 3. The van der Waals surface area contributed by atoms with E-state index < -0.39 is 36.7 Å². The smallest absolute Gasteiger partial charge is 0.395 e. The molecule has 116 valence electrons. The molecule has 0 radical (unpaired) electrons. The predicted octanol–water partition coefficient (Wildman–Crippen LogP) is 1.90. The van der Waals surface area contributed by atoms with Gasteiger partial charge in [-0.3, -0.25) is 14.9 Å². The molecule has 21 heavy (non-hydrogen) atoms. The van der Waals surface area contributed by atoms with E-state index in [9.17, 15) is 28.1 Å². The summed E-state index contributed by atoms with van der Waals surface area (Å²) >= 11 is 0. The SMILES string of the molecule is Cc1cc(C(=O)N(CCO)CC(F)(F)F)ccc1[N+](=O)[O-]. The lowest BCUT2D eigenvalue weighted by Gasteiger charge is -2.23. The van der Waals surface area contributed by atoms with Gasteiger partial charge in [-0.15, -0.1) is 0 Å². The van der Waals surface area contributed by atoms with E-state index in [1.54, 1.807) is 0 Å². The second-order valence-electron chi connectivity index (χ2n) is 4.32. The quantitative estimate of drug-likeness (QED) is 0.665. The summed E-state index contributed by atoms with van der Waals surface area (Å²) in [5.74, 6) is -0.945. The summed E-state index contributed by atoms with van der Waals surface area (Å²) in [5, 5.41) is 19.4. The van der Waals surface area contributed by atoms with Crippen LogP contribution in [0.2, 0.25) is 0 Å². The van der Waals surface area contributed by atoms with Gasteiger partial charge in [0, 0.05) is 23.7 Å². The summed E-state index contributed by atoms with van der Waals surface area (Å²) in [6, 6.07) is 3.31. The summed E-state index contributed by atoms with van der Waals surface area (Å²) in [6.45, 7) is -1.21. The van der Waals surface area contributed by atoms with Crippen molar-refractivity contribution in [3.8, 4) is 0 Å². The van der Waals surface area contributed by atoms with Gasteiger partial charge in [-0.2, -0.15) is 13.2 Å². The van der Waals surface area contributed by atoms with E-state index in [1.807, 2.05) is 0 Å². The number of carbonyl (C=O) groups is 1. The first-order valence-corrected chi connectivity index (χ1v) is 5.87. The number of aliphatic hydroxyl groups is 1. The summed E-state index contributed by atoms with van der Waals surface area (Å²) < 4.78 is 37.2. The van der Waals surface area contributed by atoms with Gasteiger partial charge in [-0.1, -0.05) is 0 Å². The zero-order chi connectivity index (χ0) is 16.2. The zero-order valence-corrected chi connectivity index (χ0v) is 11.1. The molecule has 0 aliphatic rings. The van der Waals surface area contributed by atoms with Gasteiger partial charge >= 0.3 is 6.18 Å². The lowest BCUT2D eigenvalue weighted by Crippen LogP contribution is -2.40. The van der Waals surface area contributed by atoms with E-state index in [0.717, 1.165) is 18.2 Å². The van der Waals surface area contributed by atoms with E-state index in [1.165, 1.54) is 6.92 Å². The van der Waals surface area contributed by atoms with Gasteiger partial charge in [0.1, 0.15) is 6.54 Å². The minimum absolute atomic E-state index is 0.101. The molecule has 1 N–H and O–H groups in total. The molecule has 9 heteroatoms. The Balaban J connectivity index is 3.04. The normalized spacial score (nSPS) is 11.3. The van der Waals surface area contributed by atoms with E-state index in [-0.39, 0.29) is 16.8 Å². The second-order valence-corrected chi connectivity index (χ2v) is 4.32. The summed E-state index contributed by atoms with van der Waals surface area (Å²) in [5.41, 5.74) is -0.159. The first kappa shape index (κ1) is 16.9. The van der Waals surface area contributed by atoms with Crippen molar-refractivity contribution in [2.24, 2.45) is 0 Å². The van der Waals surface area contributed by atoms with Crippen molar-refractivity contribution in [2.75, 3.05) is 19.7 Å². The molecule has 0 unspecified atom stereocenters. The zero-order valence-electron chi connectivity index (χ0n) is 11.1. The number of amides is 1. The second kappa shape index (κ2) is 6.53. The Morgan fingerprint density at radius 1 is 1.43 bits per heavy atom. The van der Waals surface area contributed by atoms with Crippen LogP contribution in [-0.4, -0.2) is 46.7 Å². The monoisotopic (exact) mass is 306 g/mol. The Labute approximate surface area is 117 Å². The number of carbonyl (C=O) groups excluding carboxylic acids is 1. The fourth-order valence-corrected chi connectivity index (χ4v) is 1.77. The van der Waals surface area contributed by atoms with Crippen LogP contribution < -0.4 is 0 Å². The molecular weight excluding hydrogens is 293 g/mol. The van der Waals surface area contributed by atoms with Gasteiger partial charge in [0.15, 0.2) is 0 Å². The number of aryl methyl sites for hydroxylation is 1. The number of benzene rings is 1. The van der Waals surface area contributed by atoms with E-state index >= 15 is 0 Å². The molecule has 1 rings (SSSR count). The molecule has 0 atom stereocenters. The number of aliphatic hydroxyl groups excluding tert-OH is 1. The predicted molar refractivity (Wildman–Crippen MR) is 66.9 cm³/mol. The van der Waals surface area contributed by atoms with Crippen LogP contribution >= 0.6 is 0 Å². The van der Waals surface area contributed by atoms with Crippen molar-refractivity contribution in [3.05, 3.63) is 39.4 Å². The molecule has 6 nitrogen and oxygen atoms in total. The number of halogens is 3. The third kappa shape index (κ3) is 4.71. The molecule has 0 saturated carbocycles.